The minimum atomic E-state index is -0.297. The molecule has 0 amide bonds. The van der Waals surface area contributed by atoms with Crippen LogP contribution in [-0.4, -0.2) is 51.3 Å². The molecule has 6 aromatic rings. The Bertz CT molecular complexity index is 1750. The summed E-state index contributed by atoms with van der Waals surface area (Å²) in [5.74, 6) is 0.314. The van der Waals surface area contributed by atoms with E-state index in [-0.39, 0.29) is 5.82 Å². The Labute approximate surface area is 212 Å². The molecule has 0 fully saturated rings. The second-order valence-electron chi connectivity index (χ2n) is 9.21. The summed E-state index contributed by atoms with van der Waals surface area (Å²) < 4.78 is 14.4. The lowest BCUT2D eigenvalue weighted by Crippen LogP contribution is -2.08. The van der Waals surface area contributed by atoms with Crippen molar-refractivity contribution in [1.82, 2.24) is 35.5 Å². The van der Waals surface area contributed by atoms with E-state index in [0.717, 1.165) is 49.9 Å². The van der Waals surface area contributed by atoms with Gasteiger partial charge in [-0.25, -0.2) is 9.37 Å². The second kappa shape index (κ2) is 9.11. The molecule has 4 aromatic heterocycles. The Morgan fingerprint density at radius 1 is 0.892 bits per heavy atom. The standard InChI is InChI=1S/C28H25FN8/c1-30-11-16-6-18(8-20(29)7-16)23-14-32-15-25-26(23)34-28(33-25)27-22-10-17(4-5-24(22)35-36-27)19-9-21(37(2)3)13-31-12-19/h4-10,12-15,30H,11H2,1-3H3,(H,33,34)(H,35,36). The Morgan fingerprint density at radius 3 is 2.59 bits per heavy atom. The van der Waals surface area contributed by atoms with Crippen LogP contribution in [0.4, 0.5) is 10.1 Å². The van der Waals surface area contributed by atoms with Crippen molar-refractivity contribution in [2.75, 3.05) is 26.0 Å². The lowest BCUT2D eigenvalue weighted by atomic mass is 10.0. The first-order chi connectivity index (χ1) is 18.0. The first-order valence-corrected chi connectivity index (χ1v) is 11.9. The summed E-state index contributed by atoms with van der Waals surface area (Å²) >= 11 is 0. The number of rotatable bonds is 6. The fourth-order valence-corrected chi connectivity index (χ4v) is 4.57. The number of nitrogens with zero attached hydrogens (tertiary/aromatic N) is 5. The fourth-order valence-electron chi connectivity index (χ4n) is 4.57. The normalized spacial score (nSPS) is 11.5. The third-order valence-electron chi connectivity index (χ3n) is 6.40. The van der Waals surface area contributed by atoms with Gasteiger partial charge in [0, 0.05) is 49.5 Å². The average Bonchev–Trinajstić information content (AvgIpc) is 3.52. The van der Waals surface area contributed by atoms with E-state index in [1.54, 1.807) is 12.4 Å². The van der Waals surface area contributed by atoms with Gasteiger partial charge in [0.2, 0.25) is 0 Å². The lowest BCUT2D eigenvalue weighted by Gasteiger charge is -2.13. The first kappa shape index (κ1) is 22.8. The number of anilines is 1. The Balaban J connectivity index is 1.46. The van der Waals surface area contributed by atoms with Gasteiger partial charge in [0.15, 0.2) is 5.82 Å². The lowest BCUT2D eigenvalue weighted by molar-refractivity contribution is 0.624. The SMILES string of the molecule is CNCc1cc(F)cc(-c2cncc3[nH]c(-c4n[nH]c5ccc(-c6cncc(N(C)C)c6)cc45)nc23)c1. The van der Waals surface area contributed by atoms with Gasteiger partial charge >= 0.3 is 0 Å². The summed E-state index contributed by atoms with van der Waals surface area (Å²) in [6.45, 7) is 0.564. The molecule has 3 N–H and O–H groups in total. The molecular weight excluding hydrogens is 467 g/mol. The van der Waals surface area contributed by atoms with Gasteiger partial charge < -0.3 is 15.2 Å². The molecule has 4 heterocycles. The number of hydrogen-bond donors (Lipinski definition) is 3. The number of aromatic nitrogens is 6. The zero-order valence-corrected chi connectivity index (χ0v) is 20.7. The molecule has 0 bridgehead atoms. The molecule has 6 rings (SSSR count). The Hall–Kier alpha value is -4.63. The highest BCUT2D eigenvalue weighted by Crippen LogP contribution is 2.33. The van der Waals surface area contributed by atoms with Gasteiger partial charge in [0.1, 0.15) is 11.5 Å². The zero-order valence-electron chi connectivity index (χ0n) is 20.7. The van der Waals surface area contributed by atoms with E-state index in [1.807, 2.05) is 56.6 Å². The molecule has 0 atom stereocenters. The van der Waals surface area contributed by atoms with E-state index < -0.39 is 0 Å². The van der Waals surface area contributed by atoms with E-state index in [9.17, 15) is 4.39 Å². The number of aromatic amines is 2. The molecule has 184 valence electrons. The van der Waals surface area contributed by atoms with Gasteiger partial charge in [-0.3, -0.25) is 15.1 Å². The van der Waals surface area contributed by atoms with E-state index in [0.29, 0.717) is 23.6 Å². The molecule has 0 saturated heterocycles. The predicted octanol–water partition coefficient (Wildman–Crippen LogP) is 5.15. The molecule has 9 heteroatoms. The first-order valence-electron chi connectivity index (χ1n) is 11.9. The fraction of sp³-hybridized carbons (Fsp3) is 0.143. The third-order valence-corrected chi connectivity index (χ3v) is 6.40. The predicted molar refractivity (Wildman–Crippen MR) is 145 cm³/mol. The molecule has 0 radical (unpaired) electrons. The Kier molecular flexibility index (Phi) is 5.61. The van der Waals surface area contributed by atoms with Crippen LogP contribution in [0.15, 0.2) is 67.3 Å². The summed E-state index contributed by atoms with van der Waals surface area (Å²) in [4.78, 5) is 19.1. The van der Waals surface area contributed by atoms with Gasteiger partial charge in [-0.05, 0) is 60.1 Å². The zero-order chi connectivity index (χ0) is 25.5. The number of imidazole rings is 1. The maximum absolute atomic E-state index is 14.4. The highest BCUT2D eigenvalue weighted by Gasteiger charge is 2.17. The van der Waals surface area contributed by atoms with Crippen molar-refractivity contribution < 1.29 is 4.39 Å². The number of pyridine rings is 2. The van der Waals surface area contributed by atoms with Crippen molar-refractivity contribution in [1.29, 1.82) is 0 Å². The summed E-state index contributed by atoms with van der Waals surface area (Å²) in [5.41, 5.74) is 8.46. The van der Waals surface area contributed by atoms with Crippen LogP contribution < -0.4 is 10.2 Å². The number of fused-ring (bicyclic) bond motifs is 2. The van der Waals surface area contributed by atoms with Crippen molar-refractivity contribution in [3.63, 3.8) is 0 Å². The quantitative estimate of drug-likeness (QED) is 0.297. The van der Waals surface area contributed by atoms with Crippen LogP contribution >= 0.6 is 0 Å². The van der Waals surface area contributed by atoms with Gasteiger partial charge in [-0.1, -0.05) is 6.07 Å². The van der Waals surface area contributed by atoms with Gasteiger partial charge in [0.25, 0.3) is 0 Å². The summed E-state index contributed by atoms with van der Waals surface area (Å²) in [6, 6.07) is 13.2. The van der Waals surface area contributed by atoms with E-state index in [4.69, 9.17) is 4.98 Å². The molecule has 0 saturated carbocycles. The van der Waals surface area contributed by atoms with Crippen LogP contribution in [0.1, 0.15) is 5.56 Å². The molecule has 0 unspecified atom stereocenters. The molecule has 0 aliphatic rings. The maximum atomic E-state index is 14.4. The molecule has 8 nitrogen and oxygen atoms in total. The molecule has 37 heavy (non-hydrogen) atoms. The van der Waals surface area contributed by atoms with E-state index in [1.165, 1.54) is 12.1 Å². The van der Waals surface area contributed by atoms with Gasteiger partial charge in [-0.15, -0.1) is 0 Å². The summed E-state index contributed by atoms with van der Waals surface area (Å²) in [7, 11) is 5.82. The number of hydrogen-bond acceptors (Lipinski definition) is 6. The molecule has 0 aliphatic carbocycles. The van der Waals surface area contributed by atoms with Crippen LogP contribution in [0, 0.1) is 5.82 Å². The van der Waals surface area contributed by atoms with Crippen molar-refractivity contribution in [2.24, 2.45) is 0 Å². The highest BCUT2D eigenvalue weighted by atomic mass is 19.1. The van der Waals surface area contributed by atoms with Gasteiger partial charge in [0.05, 0.1) is 34.6 Å². The number of H-pyrrole nitrogens is 2. The number of nitrogens with one attached hydrogen (secondary N) is 3. The minimum Gasteiger partial charge on any atom is -0.376 e. The largest absolute Gasteiger partial charge is 0.376 e. The van der Waals surface area contributed by atoms with E-state index in [2.05, 4.69) is 42.6 Å². The molecule has 0 aliphatic heterocycles. The monoisotopic (exact) mass is 492 g/mol. The summed E-state index contributed by atoms with van der Waals surface area (Å²) in [5, 5.41) is 11.7. The van der Waals surface area contributed by atoms with Crippen molar-refractivity contribution in [3.05, 3.63) is 78.6 Å². The van der Waals surface area contributed by atoms with Crippen LogP contribution in [-0.2, 0) is 6.54 Å². The summed E-state index contributed by atoms with van der Waals surface area (Å²) in [6.07, 6.45) is 7.14. The molecule has 2 aromatic carbocycles. The third kappa shape index (κ3) is 4.19. The second-order valence-corrected chi connectivity index (χ2v) is 9.21. The molecular formula is C28H25FN8. The van der Waals surface area contributed by atoms with Crippen LogP contribution in [0.2, 0.25) is 0 Å². The van der Waals surface area contributed by atoms with Crippen LogP contribution in [0.25, 0.3) is 55.7 Å². The van der Waals surface area contributed by atoms with Crippen LogP contribution in [0.3, 0.4) is 0 Å². The minimum absolute atomic E-state index is 0.297. The number of halogens is 1. The van der Waals surface area contributed by atoms with E-state index >= 15 is 0 Å². The Morgan fingerprint density at radius 2 is 1.76 bits per heavy atom. The van der Waals surface area contributed by atoms with Crippen molar-refractivity contribution >= 4 is 27.6 Å². The molecule has 0 spiro atoms. The maximum Gasteiger partial charge on any atom is 0.159 e. The highest BCUT2D eigenvalue weighted by molar-refractivity contribution is 5.98. The van der Waals surface area contributed by atoms with Crippen LogP contribution in [0.5, 0.6) is 0 Å². The average molecular weight is 493 g/mol. The number of benzene rings is 2. The van der Waals surface area contributed by atoms with Gasteiger partial charge in [-0.2, -0.15) is 5.10 Å². The topological polar surface area (TPSA) is 98.4 Å². The van der Waals surface area contributed by atoms with Crippen molar-refractivity contribution in [3.8, 4) is 33.8 Å². The smallest absolute Gasteiger partial charge is 0.159 e. The van der Waals surface area contributed by atoms with Crippen molar-refractivity contribution in [2.45, 2.75) is 6.54 Å².